The van der Waals surface area contributed by atoms with E-state index in [1.165, 1.54) is 5.56 Å². The van der Waals surface area contributed by atoms with Crippen LogP contribution in [0.3, 0.4) is 0 Å². The molecular weight excluding hydrogens is 375 g/mol. The number of para-hydroxylation sites is 2. The number of aryl methyl sites for hydroxylation is 1. The molecule has 104 valence electrons. The van der Waals surface area contributed by atoms with Gasteiger partial charge in [-0.25, -0.2) is 4.98 Å². The lowest BCUT2D eigenvalue weighted by Gasteiger charge is -2.19. The summed E-state index contributed by atoms with van der Waals surface area (Å²) < 4.78 is 9.10. The summed E-state index contributed by atoms with van der Waals surface area (Å²) in [6.07, 6.45) is 0. The van der Waals surface area contributed by atoms with E-state index >= 15 is 0 Å². The number of hydrogen-bond donors (Lipinski definition) is 0. The van der Waals surface area contributed by atoms with E-state index in [-0.39, 0.29) is 0 Å². The number of halogens is 1. The zero-order valence-corrected chi connectivity index (χ0v) is 13.7. The van der Waals surface area contributed by atoms with Crippen molar-refractivity contribution in [1.82, 2.24) is 9.55 Å². The van der Waals surface area contributed by atoms with Crippen molar-refractivity contribution in [3.8, 4) is 22.7 Å². The van der Waals surface area contributed by atoms with Gasteiger partial charge in [-0.3, -0.25) is 4.57 Å². The maximum atomic E-state index is 5.79. The van der Waals surface area contributed by atoms with Crippen molar-refractivity contribution in [2.75, 3.05) is 0 Å². The zero-order chi connectivity index (χ0) is 14.4. The van der Waals surface area contributed by atoms with Crippen molar-refractivity contribution < 1.29 is 4.74 Å². The van der Waals surface area contributed by atoms with E-state index < -0.39 is 0 Å². The molecule has 0 radical (unpaired) electrons. The number of benzene rings is 2. The Bertz CT molecular complexity index is 821. The normalized spacial score (nSPS) is 12.5. The van der Waals surface area contributed by atoms with Crippen LogP contribution in [0.1, 0.15) is 11.4 Å². The van der Waals surface area contributed by atoms with Crippen LogP contribution < -0.4 is 4.74 Å². The van der Waals surface area contributed by atoms with Crippen molar-refractivity contribution in [2.24, 2.45) is 0 Å². The molecule has 2 aromatic carbocycles. The first kappa shape index (κ1) is 12.9. The number of fused-ring (bicyclic) bond motifs is 3. The molecular formula is C17H13IN2O. The Kier molecular flexibility index (Phi) is 2.99. The fraction of sp³-hybridized carbons (Fsp3) is 0.118. The summed E-state index contributed by atoms with van der Waals surface area (Å²) >= 11 is 2.37. The molecule has 3 nitrogen and oxygen atoms in total. The molecule has 0 atom stereocenters. The van der Waals surface area contributed by atoms with Gasteiger partial charge in [-0.15, -0.1) is 0 Å². The Labute approximate surface area is 136 Å². The number of rotatable bonds is 1. The highest BCUT2D eigenvalue weighted by Gasteiger charge is 2.23. The first-order chi connectivity index (χ1) is 10.2. The fourth-order valence-electron chi connectivity index (χ4n) is 2.59. The van der Waals surface area contributed by atoms with Gasteiger partial charge in [0.1, 0.15) is 21.8 Å². The van der Waals surface area contributed by atoms with E-state index in [0.29, 0.717) is 6.61 Å². The van der Waals surface area contributed by atoms with E-state index in [4.69, 9.17) is 9.72 Å². The summed E-state index contributed by atoms with van der Waals surface area (Å²) in [6, 6.07) is 16.6. The Morgan fingerprint density at radius 2 is 1.86 bits per heavy atom. The molecule has 0 unspecified atom stereocenters. The van der Waals surface area contributed by atoms with Crippen LogP contribution in [0.25, 0.3) is 16.9 Å². The standard InChI is InChI=1S/C17H13IN2O/c1-11-6-8-12(9-7-11)16-17(18)20-13-4-2-3-5-14(13)21-10-15(20)19-16/h2-9H,10H2,1H3. The van der Waals surface area contributed by atoms with Crippen LogP contribution in [0.15, 0.2) is 48.5 Å². The molecule has 1 aromatic heterocycles. The van der Waals surface area contributed by atoms with Gasteiger partial charge in [-0.2, -0.15) is 0 Å². The molecule has 0 saturated carbocycles. The average molecular weight is 388 g/mol. The van der Waals surface area contributed by atoms with Gasteiger partial charge in [0, 0.05) is 5.56 Å². The maximum absolute atomic E-state index is 5.79. The number of nitrogens with zero attached hydrogens (tertiary/aromatic N) is 2. The summed E-state index contributed by atoms with van der Waals surface area (Å²) in [6.45, 7) is 2.61. The van der Waals surface area contributed by atoms with Gasteiger partial charge in [-0.1, -0.05) is 42.0 Å². The minimum atomic E-state index is 0.513. The van der Waals surface area contributed by atoms with Gasteiger partial charge in [0.05, 0.1) is 5.69 Å². The first-order valence-corrected chi connectivity index (χ1v) is 7.88. The lowest BCUT2D eigenvalue weighted by molar-refractivity contribution is 0.279. The predicted octanol–water partition coefficient (Wildman–Crippen LogP) is 4.34. The van der Waals surface area contributed by atoms with E-state index in [1.54, 1.807) is 0 Å². The fourth-order valence-corrected chi connectivity index (χ4v) is 3.56. The lowest BCUT2D eigenvalue weighted by atomic mass is 10.1. The highest BCUT2D eigenvalue weighted by atomic mass is 127. The molecule has 0 amide bonds. The van der Waals surface area contributed by atoms with E-state index in [1.807, 2.05) is 18.2 Å². The van der Waals surface area contributed by atoms with Crippen molar-refractivity contribution in [2.45, 2.75) is 13.5 Å². The molecule has 0 saturated heterocycles. The molecule has 0 N–H and O–H groups in total. The second-order valence-corrected chi connectivity index (χ2v) is 6.15. The van der Waals surface area contributed by atoms with Crippen molar-refractivity contribution in [3.63, 3.8) is 0 Å². The van der Waals surface area contributed by atoms with Crippen molar-refractivity contribution >= 4 is 22.6 Å². The van der Waals surface area contributed by atoms with Crippen LogP contribution in [0.4, 0.5) is 0 Å². The number of imidazole rings is 1. The molecule has 0 fully saturated rings. The molecule has 1 aliphatic heterocycles. The third-order valence-electron chi connectivity index (χ3n) is 3.68. The second kappa shape index (κ2) is 4.87. The molecule has 21 heavy (non-hydrogen) atoms. The van der Waals surface area contributed by atoms with Gasteiger partial charge < -0.3 is 4.74 Å². The second-order valence-electron chi connectivity index (χ2n) is 5.13. The van der Waals surface area contributed by atoms with Crippen LogP contribution in [-0.2, 0) is 6.61 Å². The average Bonchev–Trinajstić information content (AvgIpc) is 2.86. The Morgan fingerprint density at radius 1 is 1.10 bits per heavy atom. The smallest absolute Gasteiger partial charge is 0.153 e. The summed E-state index contributed by atoms with van der Waals surface area (Å²) in [4.78, 5) is 4.78. The van der Waals surface area contributed by atoms with E-state index in [2.05, 4.69) is 64.4 Å². The highest BCUT2D eigenvalue weighted by Crippen LogP contribution is 2.35. The molecule has 4 rings (SSSR count). The third kappa shape index (κ3) is 2.05. The van der Waals surface area contributed by atoms with Crippen LogP contribution in [0, 0.1) is 10.6 Å². The largest absolute Gasteiger partial charge is 0.483 e. The van der Waals surface area contributed by atoms with Crippen LogP contribution in [0.5, 0.6) is 5.75 Å². The Morgan fingerprint density at radius 3 is 2.67 bits per heavy atom. The Balaban J connectivity index is 1.91. The molecule has 2 heterocycles. The van der Waals surface area contributed by atoms with E-state index in [9.17, 15) is 0 Å². The molecule has 1 aliphatic rings. The first-order valence-electron chi connectivity index (χ1n) is 6.80. The lowest BCUT2D eigenvalue weighted by Crippen LogP contribution is -2.13. The van der Waals surface area contributed by atoms with Gasteiger partial charge in [0.25, 0.3) is 0 Å². The van der Waals surface area contributed by atoms with Gasteiger partial charge >= 0.3 is 0 Å². The monoisotopic (exact) mass is 388 g/mol. The maximum Gasteiger partial charge on any atom is 0.153 e. The van der Waals surface area contributed by atoms with Gasteiger partial charge in [0.15, 0.2) is 5.82 Å². The molecule has 3 aromatic rings. The van der Waals surface area contributed by atoms with Crippen molar-refractivity contribution in [1.29, 1.82) is 0 Å². The number of ether oxygens (including phenoxy) is 1. The third-order valence-corrected chi connectivity index (χ3v) is 4.67. The minimum Gasteiger partial charge on any atom is -0.483 e. The summed E-state index contributed by atoms with van der Waals surface area (Å²) in [5.41, 5.74) is 4.48. The van der Waals surface area contributed by atoms with E-state index in [0.717, 1.165) is 32.2 Å². The van der Waals surface area contributed by atoms with Crippen LogP contribution >= 0.6 is 22.6 Å². The van der Waals surface area contributed by atoms with Crippen LogP contribution in [0.2, 0.25) is 0 Å². The molecule has 0 spiro atoms. The zero-order valence-electron chi connectivity index (χ0n) is 11.5. The number of hydrogen-bond acceptors (Lipinski definition) is 2. The summed E-state index contributed by atoms with van der Waals surface area (Å²) in [7, 11) is 0. The Hall–Kier alpha value is -1.82. The summed E-state index contributed by atoms with van der Waals surface area (Å²) in [5.74, 6) is 1.87. The SMILES string of the molecule is Cc1ccc(-c2nc3n(c2I)-c2ccccc2OC3)cc1. The highest BCUT2D eigenvalue weighted by molar-refractivity contribution is 14.1. The topological polar surface area (TPSA) is 27.1 Å². The molecule has 4 heteroatoms. The van der Waals surface area contributed by atoms with Gasteiger partial charge in [-0.05, 0) is 41.6 Å². The number of aromatic nitrogens is 2. The predicted molar refractivity (Wildman–Crippen MR) is 90.8 cm³/mol. The molecule has 0 bridgehead atoms. The molecule has 0 aliphatic carbocycles. The quantitative estimate of drug-likeness (QED) is 0.580. The minimum absolute atomic E-state index is 0.513. The van der Waals surface area contributed by atoms with Crippen LogP contribution in [-0.4, -0.2) is 9.55 Å². The van der Waals surface area contributed by atoms with Crippen molar-refractivity contribution in [3.05, 3.63) is 63.6 Å². The van der Waals surface area contributed by atoms with Gasteiger partial charge in [0.2, 0.25) is 0 Å². The summed E-state index contributed by atoms with van der Waals surface area (Å²) in [5, 5.41) is 0.